The summed E-state index contributed by atoms with van der Waals surface area (Å²) in [6.07, 6.45) is 5.03. The van der Waals surface area contributed by atoms with E-state index < -0.39 is 0 Å². The molecule has 4 rings (SSSR count). The number of carbonyl (C=O) groups is 2. The van der Waals surface area contributed by atoms with Gasteiger partial charge in [0.1, 0.15) is 0 Å². The lowest BCUT2D eigenvalue weighted by Crippen LogP contribution is -2.44. The van der Waals surface area contributed by atoms with Crippen molar-refractivity contribution in [2.24, 2.45) is 5.92 Å². The van der Waals surface area contributed by atoms with Crippen LogP contribution in [0.25, 0.3) is 5.69 Å². The largest absolute Gasteiger partial charge is 0.338 e. The summed E-state index contributed by atoms with van der Waals surface area (Å²) in [6, 6.07) is 16.2. The molecule has 3 aromatic rings. The molecule has 1 unspecified atom stereocenters. The van der Waals surface area contributed by atoms with Crippen LogP contribution in [0.1, 0.15) is 23.2 Å². The number of piperidine rings is 1. The number of carbonyl (C=O) groups excluding carboxylic acids is 2. The van der Waals surface area contributed by atoms with Crippen LogP contribution in [-0.2, 0) is 4.79 Å². The lowest BCUT2D eigenvalue weighted by Gasteiger charge is -2.32. The first-order valence-corrected chi connectivity index (χ1v) is 9.94. The van der Waals surface area contributed by atoms with E-state index in [0.717, 1.165) is 18.5 Å². The minimum absolute atomic E-state index is 0.0785. The summed E-state index contributed by atoms with van der Waals surface area (Å²) in [7, 11) is 0. The van der Waals surface area contributed by atoms with Crippen LogP contribution in [0.15, 0.2) is 67.0 Å². The molecule has 148 valence electrons. The lowest BCUT2D eigenvalue weighted by molar-refractivity contribution is -0.121. The number of nitrogens with zero attached hydrogens (tertiary/aromatic N) is 3. The Morgan fingerprint density at radius 2 is 1.86 bits per heavy atom. The minimum atomic E-state index is -0.250. The van der Waals surface area contributed by atoms with E-state index in [1.165, 1.54) is 0 Å². The zero-order chi connectivity index (χ0) is 20.2. The number of benzene rings is 2. The van der Waals surface area contributed by atoms with E-state index in [1.807, 2.05) is 30.5 Å². The summed E-state index contributed by atoms with van der Waals surface area (Å²) >= 11 is 5.90. The molecule has 0 saturated carbocycles. The number of amides is 2. The number of likely N-dealkylation sites (tertiary alicyclic amines) is 1. The SMILES string of the molecule is O=C(Nc1ccc(Cl)cc1)C1CCCN(C(=O)c2ccccc2-n2cccn2)C1. The summed E-state index contributed by atoms with van der Waals surface area (Å²) in [6.45, 7) is 1.03. The number of hydrogen-bond donors (Lipinski definition) is 1. The standard InChI is InChI=1S/C22H21ClN4O2/c23-17-8-10-18(11-9-17)25-21(28)16-5-3-13-26(15-16)22(29)19-6-1-2-7-20(19)27-14-4-12-24-27/h1-2,4,6-12,14,16H,3,5,13,15H2,(H,25,28). The fourth-order valence-electron chi connectivity index (χ4n) is 3.59. The average Bonchev–Trinajstić information content (AvgIpc) is 3.30. The van der Waals surface area contributed by atoms with E-state index in [2.05, 4.69) is 10.4 Å². The van der Waals surface area contributed by atoms with Gasteiger partial charge in [-0.2, -0.15) is 5.10 Å². The van der Waals surface area contributed by atoms with E-state index in [0.29, 0.717) is 29.4 Å². The summed E-state index contributed by atoms with van der Waals surface area (Å²) in [5.41, 5.74) is 2.01. The minimum Gasteiger partial charge on any atom is -0.338 e. The topological polar surface area (TPSA) is 67.2 Å². The van der Waals surface area contributed by atoms with Gasteiger partial charge >= 0.3 is 0 Å². The van der Waals surface area contributed by atoms with Gasteiger partial charge in [-0.1, -0.05) is 23.7 Å². The van der Waals surface area contributed by atoms with Gasteiger partial charge in [-0.05, 0) is 55.3 Å². The molecular weight excluding hydrogens is 388 g/mol. The molecule has 1 N–H and O–H groups in total. The molecule has 0 bridgehead atoms. The molecule has 1 atom stereocenters. The molecule has 0 spiro atoms. The fraction of sp³-hybridized carbons (Fsp3) is 0.227. The third kappa shape index (κ3) is 4.32. The summed E-state index contributed by atoms with van der Waals surface area (Å²) in [5.74, 6) is -0.412. The molecule has 1 aliphatic heterocycles. The second kappa shape index (κ2) is 8.49. The van der Waals surface area contributed by atoms with Crippen molar-refractivity contribution in [3.63, 3.8) is 0 Å². The Hall–Kier alpha value is -3.12. The third-order valence-corrected chi connectivity index (χ3v) is 5.33. The van der Waals surface area contributed by atoms with E-state index in [4.69, 9.17) is 11.6 Å². The highest BCUT2D eigenvalue weighted by Crippen LogP contribution is 2.23. The molecule has 29 heavy (non-hydrogen) atoms. The quantitative estimate of drug-likeness (QED) is 0.709. The molecule has 0 aliphatic carbocycles. The van der Waals surface area contributed by atoms with Crippen LogP contribution in [-0.4, -0.2) is 39.6 Å². The van der Waals surface area contributed by atoms with Crippen LogP contribution in [0.2, 0.25) is 5.02 Å². The molecule has 6 nitrogen and oxygen atoms in total. The second-order valence-corrected chi connectivity index (χ2v) is 7.49. The second-order valence-electron chi connectivity index (χ2n) is 7.05. The van der Waals surface area contributed by atoms with E-state index in [-0.39, 0.29) is 17.7 Å². The van der Waals surface area contributed by atoms with Crippen molar-refractivity contribution in [3.8, 4) is 5.69 Å². The maximum absolute atomic E-state index is 13.2. The number of anilines is 1. The molecule has 7 heteroatoms. The maximum Gasteiger partial charge on any atom is 0.256 e. The molecule has 2 amide bonds. The van der Waals surface area contributed by atoms with Crippen LogP contribution >= 0.6 is 11.6 Å². The number of rotatable bonds is 4. The molecule has 2 heterocycles. The van der Waals surface area contributed by atoms with Gasteiger partial charge in [-0.3, -0.25) is 9.59 Å². The van der Waals surface area contributed by atoms with Crippen LogP contribution in [0.3, 0.4) is 0 Å². The van der Waals surface area contributed by atoms with Crippen molar-refractivity contribution in [2.75, 3.05) is 18.4 Å². The van der Waals surface area contributed by atoms with Crippen molar-refractivity contribution >= 4 is 29.1 Å². The number of para-hydroxylation sites is 1. The smallest absolute Gasteiger partial charge is 0.256 e. The van der Waals surface area contributed by atoms with Gasteiger partial charge in [0.05, 0.1) is 17.2 Å². The van der Waals surface area contributed by atoms with Gasteiger partial charge in [0.15, 0.2) is 0 Å². The first kappa shape index (κ1) is 19.2. The molecule has 1 saturated heterocycles. The van der Waals surface area contributed by atoms with Crippen molar-refractivity contribution < 1.29 is 9.59 Å². The Bertz CT molecular complexity index is 1000. The summed E-state index contributed by atoms with van der Waals surface area (Å²) in [5, 5.41) is 7.78. The zero-order valence-corrected chi connectivity index (χ0v) is 16.5. The molecule has 1 fully saturated rings. The van der Waals surface area contributed by atoms with Crippen molar-refractivity contribution in [1.29, 1.82) is 0 Å². The van der Waals surface area contributed by atoms with E-state index >= 15 is 0 Å². The van der Waals surface area contributed by atoms with E-state index in [9.17, 15) is 9.59 Å². The van der Waals surface area contributed by atoms with Crippen LogP contribution < -0.4 is 5.32 Å². The van der Waals surface area contributed by atoms with Crippen LogP contribution in [0.4, 0.5) is 5.69 Å². The van der Waals surface area contributed by atoms with E-state index in [1.54, 1.807) is 46.1 Å². The lowest BCUT2D eigenvalue weighted by atomic mass is 9.96. The third-order valence-electron chi connectivity index (χ3n) is 5.08. The maximum atomic E-state index is 13.2. The van der Waals surface area contributed by atoms with Gasteiger partial charge in [-0.25, -0.2) is 4.68 Å². The highest BCUT2D eigenvalue weighted by molar-refractivity contribution is 6.30. The molecule has 2 aromatic carbocycles. The van der Waals surface area contributed by atoms with Gasteiger partial charge in [0.2, 0.25) is 5.91 Å². The number of halogens is 1. The van der Waals surface area contributed by atoms with Crippen molar-refractivity contribution in [2.45, 2.75) is 12.8 Å². The highest BCUT2D eigenvalue weighted by Gasteiger charge is 2.30. The Kier molecular flexibility index (Phi) is 5.62. The predicted molar refractivity (Wildman–Crippen MR) is 112 cm³/mol. The Balaban J connectivity index is 1.48. The summed E-state index contributed by atoms with van der Waals surface area (Å²) in [4.78, 5) is 27.7. The Morgan fingerprint density at radius 1 is 1.07 bits per heavy atom. The first-order valence-electron chi connectivity index (χ1n) is 9.56. The predicted octanol–water partition coefficient (Wildman–Crippen LogP) is 4.02. The average molecular weight is 409 g/mol. The number of aromatic nitrogens is 2. The van der Waals surface area contributed by atoms with Gasteiger partial charge in [-0.15, -0.1) is 0 Å². The molecule has 1 aliphatic rings. The molecule has 0 radical (unpaired) electrons. The fourth-order valence-corrected chi connectivity index (χ4v) is 3.72. The first-order chi connectivity index (χ1) is 14.1. The summed E-state index contributed by atoms with van der Waals surface area (Å²) < 4.78 is 1.68. The van der Waals surface area contributed by atoms with Gasteiger partial charge in [0.25, 0.3) is 5.91 Å². The highest BCUT2D eigenvalue weighted by atomic mass is 35.5. The molecule has 1 aromatic heterocycles. The van der Waals surface area contributed by atoms with Crippen molar-refractivity contribution in [1.82, 2.24) is 14.7 Å². The Labute approximate surface area is 174 Å². The van der Waals surface area contributed by atoms with Gasteiger partial charge in [0, 0.05) is 36.2 Å². The van der Waals surface area contributed by atoms with Gasteiger partial charge < -0.3 is 10.2 Å². The van der Waals surface area contributed by atoms with Crippen LogP contribution in [0, 0.1) is 5.92 Å². The van der Waals surface area contributed by atoms with Crippen molar-refractivity contribution in [3.05, 3.63) is 77.6 Å². The Morgan fingerprint density at radius 3 is 2.62 bits per heavy atom. The molecular formula is C22H21ClN4O2. The number of hydrogen-bond acceptors (Lipinski definition) is 3. The normalized spacial score (nSPS) is 16.4. The van der Waals surface area contributed by atoms with Crippen LogP contribution in [0.5, 0.6) is 0 Å². The number of nitrogens with one attached hydrogen (secondary N) is 1. The monoisotopic (exact) mass is 408 g/mol. The zero-order valence-electron chi connectivity index (χ0n) is 15.8.